The van der Waals surface area contributed by atoms with Gasteiger partial charge in [-0.1, -0.05) is 20.8 Å². The lowest BCUT2D eigenvalue weighted by molar-refractivity contribution is 0.0699. The third kappa shape index (κ3) is 3.27. The molecule has 0 spiro atoms. The Bertz CT molecular complexity index is 1020. The summed E-state index contributed by atoms with van der Waals surface area (Å²) in [4.78, 5) is 14.7. The number of likely N-dealkylation sites (tertiary alicyclic amines) is 1. The van der Waals surface area contributed by atoms with Crippen LogP contribution in [0.5, 0.6) is 0 Å². The van der Waals surface area contributed by atoms with Crippen LogP contribution < -0.4 is 0 Å². The molecule has 1 amide bonds. The molecule has 0 unspecified atom stereocenters. The second kappa shape index (κ2) is 6.68. The van der Waals surface area contributed by atoms with Crippen LogP contribution in [0.3, 0.4) is 0 Å². The molecule has 1 saturated heterocycles. The summed E-state index contributed by atoms with van der Waals surface area (Å²) in [6, 6.07) is 5.84. The molecule has 8 heteroatoms. The quantitative estimate of drug-likeness (QED) is 0.681. The second-order valence-corrected chi connectivity index (χ2v) is 8.66. The zero-order valence-corrected chi connectivity index (χ0v) is 17.2. The van der Waals surface area contributed by atoms with Gasteiger partial charge in [0.15, 0.2) is 11.5 Å². The summed E-state index contributed by atoms with van der Waals surface area (Å²) < 4.78 is 3.54. The summed E-state index contributed by atoms with van der Waals surface area (Å²) in [6.07, 6.45) is 1.70. The molecule has 0 N–H and O–H groups in total. The average molecular weight is 381 g/mol. The number of carbonyl (C=O) groups is 1. The van der Waals surface area contributed by atoms with Crippen LogP contribution in [0, 0.1) is 6.92 Å². The fourth-order valence-electron chi connectivity index (χ4n) is 3.77. The predicted molar refractivity (Wildman–Crippen MR) is 105 cm³/mol. The number of aryl methyl sites for hydroxylation is 2. The lowest BCUT2D eigenvalue weighted by Gasteiger charge is -2.31. The third-order valence-corrected chi connectivity index (χ3v) is 5.42. The average Bonchev–Trinajstić information content (AvgIpc) is 3.22. The highest BCUT2D eigenvalue weighted by atomic mass is 16.2. The zero-order valence-electron chi connectivity index (χ0n) is 17.2. The Morgan fingerprint density at radius 3 is 2.43 bits per heavy atom. The van der Waals surface area contributed by atoms with E-state index >= 15 is 0 Å². The van der Waals surface area contributed by atoms with Crippen molar-refractivity contribution in [3.63, 3.8) is 0 Å². The van der Waals surface area contributed by atoms with Crippen LogP contribution in [0.2, 0.25) is 0 Å². The molecule has 3 aromatic heterocycles. The highest BCUT2D eigenvalue weighted by molar-refractivity contribution is 5.92. The molecule has 4 heterocycles. The summed E-state index contributed by atoms with van der Waals surface area (Å²) in [7, 11) is 1.81. The minimum atomic E-state index is -0.0350. The van der Waals surface area contributed by atoms with Crippen LogP contribution in [0.1, 0.15) is 67.2 Å². The number of aromatic nitrogens is 6. The van der Waals surface area contributed by atoms with E-state index in [9.17, 15) is 4.79 Å². The van der Waals surface area contributed by atoms with Gasteiger partial charge < -0.3 is 4.90 Å². The molecule has 1 fully saturated rings. The summed E-state index contributed by atoms with van der Waals surface area (Å²) >= 11 is 0. The Morgan fingerprint density at radius 2 is 1.82 bits per heavy atom. The van der Waals surface area contributed by atoms with E-state index in [1.165, 1.54) is 0 Å². The number of amides is 1. The van der Waals surface area contributed by atoms with E-state index < -0.39 is 0 Å². The van der Waals surface area contributed by atoms with Crippen molar-refractivity contribution in [2.45, 2.75) is 51.9 Å². The molecule has 0 aromatic carbocycles. The standard InChI is InChI=1S/C20H27N7O/c1-13-12-15(25(5)23-13)19(28)26-10-8-14(9-11-26)18-22-21-17-7-6-16(20(2,3)4)24-27(17)18/h6-7,12,14H,8-11H2,1-5H3. The Labute approximate surface area is 164 Å². The molecule has 4 rings (SSSR count). The molecule has 0 atom stereocenters. The molecule has 1 aliphatic rings. The minimum absolute atomic E-state index is 0.0350. The first-order chi connectivity index (χ1) is 13.2. The van der Waals surface area contributed by atoms with Crippen molar-refractivity contribution >= 4 is 11.6 Å². The van der Waals surface area contributed by atoms with Crippen molar-refractivity contribution in [1.29, 1.82) is 0 Å². The monoisotopic (exact) mass is 381 g/mol. The molecule has 8 nitrogen and oxygen atoms in total. The molecule has 3 aromatic rings. The maximum atomic E-state index is 12.8. The smallest absolute Gasteiger partial charge is 0.272 e. The molecule has 0 saturated carbocycles. The maximum absolute atomic E-state index is 12.8. The van der Waals surface area contributed by atoms with Gasteiger partial charge in [0.1, 0.15) is 5.69 Å². The number of rotatable bonds is 2. The minimum Gasteiger partial charge on any atom is -0.337 e. The van der Waals surface area contributed by atoms with Crippen molar-refractivity contribution in [3.8, 4) is 0 Å². The van der Waals surface area contributed by atoms with Crippen molar-refractivity contribution < 1.29 is 4.79 Å². The van der Waals surface area contributed by atoms with Gasteiger partial charge in [-0.15, -0.1) is 10.2 Å². The van der Waals surface area contributed by atoms with Gasteiger partial charge >= 0.3 is 0 Å². The molecule has 0 aliphatic carbocycles. The molecule has 0 radical (unpaired) electrons. The topological polar surface area (TPSA) is 81.2 Å². The number of hydrogen-bond acceptors (Lipinski definition) is 5. The molecular weight excluding hydrogens is 354 g/mol. The first-order valence-corrected chi connectivity index (χ1v) is 9.77. The van der Waals surface area contributed by atoms with Crippen LogP contribution >= 0.6 is 0 Å². The maximum Gasteiger partial charge on any atom is 0.272 e. The molecular formula is C20H27N7O. The van der Waals surface area contributed by atoms with E-state index in [4.69, 9.17) is 5.10 Å². The molecule has 1 aliphatic heterocycles. The van der Waals surface area contributed by atoms with Crippen molar-refractivity contribution in [3.05, 3.63) is 41.1 Å². The van der Waals surface area contributed by atoms with Crippen molar-refractivity contribution in [2.24, 2.45) is 7.05 Å². The largest absolute Gasteiger partial charge is 0.337 e. The number of piperidine rings is 1. The van der Waals surface area contributed by atoms with Gasteiger partial charge in [-0.3, -0.25) is 9.48 Å². The van der Waals surface area contributed by atoms with Crippen LogP contribution in [0.15, 0.2) is 18.2 Å². The fraction of sp³-hybridized carbons (Fsp3) is 0.550. The van der Waals surface area contributed by atoms with Gasteiger partial charge in [-0.2, -0.15) is 14.7 Å². The van der Waals surface area contributed by atoms with E-state index in [0.717, 1.165) is 35.7 Å². The van der Waals surface area contributed by atoms with Crippen molar-refractivity contribution in [2.75, 3.05) is 13.1 Å². The molecule has 148 valence electrons. The highest BCUT2D eigenvalue weighted by Gasteiger charge is 2.29. The first kappa shape index (κ1) is 18.6. The van der Waals surface area contributed by atoms with Crippen molar-refractivity contribution in [1.82, 2.24) is 34.5 Å². The van der Waals surface area contributed by atoms with Gasteiger partial charge in [0, 0.05) is 31.5 Å². The first-order valence-electron chi connectivity index (χ1n) is 9.77. The normalized spacial score (nSPS) is 16.1. The highest BCUT2D eigenvalue weighted by Crippen LogP contribution is 2.28. The summed E-state index contributed by atoms with van der Waals surface area (Å²) in [5.74, 6) is 1.18. The third-order valence-electron chi connectivity index (χ3n) is 5.42. The lowest BCUT2D eigenvalue weighted by Crippen LogP contribution is -2.39. The van der Waals surface area contributed by atoms with E-state index in [0.29, 0.717) is 18.8 Å². The van der Waals surface area contributed by atoms with Gasteiger partial charge in [-0.05, 0) is 38.0 Å². The number of nitrogens with zero attached hydrogens (tertiary/aromatic N) is 7. The number of hydrogen-bond donors (Lipinski definition) is 0. The van der Waals surface area contributed by atoms with E-state index in [-0.39, 0.29) is 17.2 Å². The Morgan fingerprint density at radius 1 is 1.11 bits per heavy atom. The molecule has 0 bridgehead atoms. The van der Waals surface area contributed by atoms with Gasteiger partial charge in [-0.25, -0.2) is 0 Å². The second-order valence-electron chi connectivity index (χ2n) is 8.66. The van der Waals surface area contributed by atoms with E-state index in [2.05, 4.69) is 36.1 Å². The Balaban J connectivity index is 1.52. The van der Waals surface area contributed by atoms with Crippen LogP contribution in [-0.2, 0) is 12.5 Å². The van der Waals surface area contributed by atoms with Crippen LogP contribution in [-0.4, -0.2) is 53.5 Å². The van der Waals surface area contributed by atoms with Crippen LogP contribution in [0.25, 0.3) is 5.65 Å². The summed E-state index contributed by atoms with van der Waals surface area (Å²) in [5.41, 5.74) is 3.25. The van der Waals surface area contributed by atoms with Gasteiger partial charge in [0.25, 0.3) is 5.91 Å². The van der Waals surface area contributed by atoms with Gasteiger partial charge in [0.05, 0.1) is 11.4 Å². The Kier molecular flexibility index (Phi) is 4.44. The van der Waals surface area contributed by atoms with E-state index in [1.807, 2.05) is 41.6 Å². The number of carbonyl (C=O) groups excluding carboxylic acids is 1. The zero-order chi connectivity index (χ0) is 20.1. The summed E-state index contributed by atoms with van der Waals surface area (Å²) in [6.45, 7) is 9.74. The predicted octanol–water partition coefficient (Wildman–Crippen LogP) is 2.48. The summed E-state index contributed by atoms with van der Waals surface area (Å²) in [5, 5.41) is 17.8. The Hall–Kier alpha value is -2.77. The lowest BCUT2D eigenvalue weighted by atomic mass is 9.92. The fourth-order valence-corrected chi connectivity index (χ4v) is 3.77. The number of fused-ring (bicyclic) bond motifs is 1. The SMILES string of the molecule is Cc1cc(C(=O)N2CCC(c3nnc4ccc(C(C)(C)C)nn34)CC2)n(C)n1. The molecule has 28 heavy (non-hydrogen) atoms. The van der Waals surface area contributed by atoms with E-state index in [1.54, 1.807) is 4.68 Å². The van der Waals surface area contributed by atoms with Crippen LogP contribution in [0.4, 0.5) is 0 Å². The van der Waals surface area contributed by atoms with Gasteiger partial charge in [0.2, 0.25) is 0 Å².